The summed E-state index contributed by atoms with van der Waals surface area (Å²) in [5, 5.41) is 8.41. The summed E-state index contributed by atoms with van der Waals surface area (Å²) in [6, 6.07) is 12.7. The van der Waals surface area contributed by atoms with Gasteiger partial charge in [0.2, 0.25) is 0 Å². The van der Waals surface area contributed by atoms with Crippen LogP contribution in [0.5, 0.6) is 0 Å². The maximum Gasteiger partial charge on any atom is 0.347 e. The van der Waals surface area contributed by atoms with Crippen molar-refractivity contribution in [1.82, 2.24) is 9.78 Å². The summed E-state index contributed by atoms with van der Waals surface area (Å²) >= 11 is 7.55. The average Bonchev–Trinajstić information content (AvgIpc) is 2.90. The Morgan fingerprint density at radius 3 is 2.95 bits per heavy atom. The van der Waals surface area contributed by atoms with Crippen LogP contribution < -0.4 is 5.32 Å². The van der Waals surface area contributed by atoms with E-state index < -0.39 is 0 Å². The molecule has 1 N–H and O–H groups in total. The molecule has 0 aliphatic carbocycles. The van der Waals surface area contributed by atoms with Crippen molar-refractivity contribution in [3.63, 3.8) is 0 Å². The lowest BCUT2D eigenvalue weighted by Crippen LogP contribution is -2.20. The number of anilines is 1. The molecule has 0 saturated carbocycles. The van der Waals surface area contributed by atoms with E-state index in [9.17, 15) is 4.79 Å². The van der Waals surface area contributed by atoms with Crippen molar-refractivity contribution >= 4 is 46.0 Å². The monoisotopic (exact) mass is 317 g/mol. The van der Waals surface area contributed by atoms with Crippen LogP contribution in [0.15, 0.2) is 53.6 Å². The molecular weight excluding hydrogens is 306 g/mol. The third-order valence-corrected chi connectivity index (χ3v) is 4.00. The van der Waals surface area contributed by atoms with E-state index in [1.54, 1.807) is 36.2 Å². The molecule has 21 heavy (non-hydrogen) atoms. The van der Waals surface area contributed by atoms with E-state index in [1.807, 2.05) is 30.5 Å². The van der Waals surface area contributed by atoms with Crippen LogP contribution in [0.3, 0.4) is 0 Å². The molecule has 1 heterocycles. The van der Waals surface area contributed by atoms with E-state index in [-0.39, 0.29) is 6.03 Å². The highest BCUT2D eigenvalue weighted by molar-refractivity contribution is 7.98. The quantitative estimate of drug-likeness (QED) is 0.708. The van der Waals surface area contributed by atoms with E-state index in [4.69, 9.17) is 11.6 Å². The second-order valence-electron chi connectivity index (χ2n) is 4.42. The summed E-state index contributed by atoms with van der Waals surface area (Å²) in [4.78, 5) is 13.4. The Morgan fingerprint density at radius 1 is 1.29 bits per heavy atom. The molecule has 0 radical (unpaired) electrons. The number of nitrogens with one attached hydrogen (secondary N) is 1. The van der Waals surface area contributed by atoms with Gasteiger partial charge in [-0.3, -0.25) is 0 Å². The van der Waals surface area contributed by atoms with Crippen molar-refractivity contribution < 1.29 is 4.79 Å². The molecule has 0 fully saturated rings. The van der Waals surface area contributed by atoms with Crippen LogP contribution >= 0.6 is 23.4 Å². The molecule has 106 valence electrons. The molecule has 6 heteroatoms. The fraction of sp³-hybridized carbons (Fsp3) is 0.0667. The van der Waals surface area contributed by atoms with Crippen LogP contribution in [0.2, 0.25) is 5.02 Å². The van der Waals surface area contributed by atoms with Crippen molar-refractivity contribution in [2.45, 2.75) is 4.90 Å². The van der Waals surface area contributed by atoms with Crippen molar-refractivity contribution in [3.8, 4) is 0 Å². The number of halogens is 1. The smallest absolute Gasteiger partial charge is 0.306 e. The fourth-order valence-electron chi connectivity index (χ4n) is 2.04. The first kappa shape index (κ1) is 14.0. The molecule has 3 rings (SSSR count). The number of benzene rings is 2. The first-order valence-corrected chi connectivity index (χ1v) is 7.86. The zero-order valence-corrected chi connectivity index (χ0v) is 12.8. The van der Waals surface area contributed by atoms with Crippen LogP contribution in [0.4, 0.5) is 10.5 Å². The van der Waals surface area contributed by atoms with Gasteiger partial charge in [0, 0.05) is 21.0 Å². The number of amides is 1. The third kappa shape index (κ3) is 2.89. The molecule has 1 aromatic heterocycles. The molecule has 0 saturated heterocycles. The lowest BCUT2D eigenvalue weighted by molar-refractivity contribution is 0.252. The second kappa shape index (κ2) is 5.79. The van der Waals surface area contributed by atoms with Crippen LogP contribution in [-0.2, 0) is 0 Å². The molecule has 4 nitrogen and oxygen atoms in total. The predicted octanol–water partition coefficient (Wildman–Crippen LogP) is 4.49. The van der Waals surface area contributed by atoms with Crippen LogP contribution in [0, 0.1) is 0 Å². The molecule has 1 amide bonds. The Kier molecular flexibility index (Phi) is 3.86. The summed E-state index contributed by atoms with van der Waals surface area (Å²) in [6.45, 7) is 0. The Hall–Kier alpha value is -1.98. The largest absolute Gasteiger partial charge is 0.347 e. The summed E-state index contributed by atoms with van der Waals surface area (Å²) in [5.41, 5.74) is 1.46. The van der Waals surface area contributed by atoms with E-state index >= 15 is 0 Å². The van der Waals surface area contributed by atoms with Gasteiger partial charge in [-0.1, -0.05) is 17.7 Å². The van der Waals surface area contributed by atoms with E-state index in [1.165, 1.54) is 4.68 Å². The maximum absolute atomic E-state index is 12.3. The molecule has 2 aromatic carbocycles. The van der Waals surface area contributed by atoms with Gasteiger partial charge in [0.25, 0.3) is 0 Å². The number of hydrogen-bond donors (Lipinski definition) is 1. The van der Waals surface area contributed by atoms with Crippen molar-refractivity contribution in [3.05, 3.63) is 53.7 Å². The fourth-order valence-corrected chi connectivity index (χ4v) is 2.68. The van der Waals surface area contributed by atoms with Crippen molar-refractivity contribution in [1.29, 1.82) is 0 Å². The van der Waals surface area contributed by atoms with E-state index in [0.717, 1.165) is 21.5 Å². The molecule has 0 atom stereocenters. The standard InChI is InChI=1S/C15H12ClN3OS/c1-21-13-4-2-3-12(8-13)18-15(20)19-14-6-5-11(16)7-10(14)9-17-19/h2-9H,1H3,(H,18,20). The minimum Gasteiger partial charge on any atom is -0.306 e. The predicted molar refractivity (Wildman–Crippen MR) is 87.4 cm³/mol. The highest BCUT2D eigenvalue weighted by atomic mass is 35.5. The number of nitrogens with zero attached hydrogens (tertiary/aromatic N) is 2. The summed E-state index contributed by atoms with van der Waals surface area (Å²) in [6.07, 6.45) is 3.62. The molecule has 0 aliphatic rings. The van der Waals surface area contributed by atoms with E-state index in [0.29, 0.717) is 5.02 Å². The molecule has 3 aromatic rings. The molecule has 0 aliphatic heterocycles. The Bertz CT molecular complexity index is 816. The molecule has 0 bridgehead atoms. The second-order valence-corrected chi connectivity index (χ2v) is 5.74. The molecular formula is C15H12ClN3OS. The first-order valence-electron chi connectivity index (χ1n) is 6.26. The van der Waals surface area contributed by atoms with Gasteiger partial charge < -0.3 is 5.32 Å². The highest BCUT2D eigenvalue weighted by Gasteiger charge is 2.11. The van der Waals surface area contributed by atoms with Crippen molar-refractivity contribution in [2.24, 2.45) is 0 Å². The van der Waals surface area contributed by atoms with Crippen LogP contribution in [-0.4, -0.2) is 22.1 Å². The lowest BCUT2D eigenvalue weighted by atomic mass is 10.2. The zero-order valence-electron chi connectivity index (χ0n) is 11.2. The van der Waals surface area contributed by atoms with Crippen molar-refractivity contribution in [2.75, 3.05) is 11.6 Å². The minimum atomic E-state index is -0.300. The number of aromatic nitrogens is 2. The van der Waals surface area contributed by atoms with Gasteiger partial charge in [0.1, 0.15) is 0 Å². The number of carbonyl (C=O) groups is 1. The van der Waals surface area contributed by atoms with Gasteiger partial charge in [-0.25, -0.2) is 4.79 Å². The summed E-state index contributed by atoms with van der Waals surface area (Å²) in [7, 11) is 0. The number of hydrogen-bond acceptors (Lipinski definition) is 3. The molecule has 0 unspecified atom stereocenters. The summed E-state index contributed by atoms with van der Waals surface area (Å²) < 4.78 is 1.33. The minimum absolute atomic E-state index is 0.300. The number of thioether (sulfide) groups is 1. The van der Waals surface area contributed by atoms with Gasteiger partial charge in [0.05, 0.1) is 11.7 Å². The van der Waals surface area contributed by atoms with Crippen LogP contribution in [0.25, 0.3) is 10.9 Å². The van der Waals surface area contributed by atoms with Gasteiger partial charge >= 0.3 is 6.03 Å². The number of fused-ring (bicyclic) bond motifs is 1. The highest BCUT2D eigenvalue weighted by Crippen LogP contribution is 2.21. The Morgan fingerprint density at radius 2 is 2.14 bits per heavy atom. The Labute approximate surface area is 131 Å². The lowest BCUT2D eigenvalue weighted by Gasteiger charge is -2.07. The van der Waals surface area contributed by atoms with Gasteiger partial charge in [-0.2, -0.15) is 9.78 Å². The summed E-state index contributed by atoms with van der Waals surface area (Å²) in [5.74, 6) is 0. The average molecular weight is 318 g/mol. The maximum atomic E-state index is 12.3. The topological polar surface area (TPSA) is 46.9 Å². The number of carbonyl (C=O) groups excluding carboxylic acids is 1. The van der Waals surface area contributed by atoms with E-state index in [2.05, 4.69) is 10.4 Å². The normalized spacial score (nSPS) is 10.8. The third-order valence-electron chi connectivity index (χ3n) is 3.04. The van der Waals surface area contributed by atoms with Gasteiger partial charge in [-0.15, -0.1) is 11.8 Å². The Balaban J connectivity index is 1.90. The van der Waals surface area contributed by atoms with Gasteiger partial charge in [-0.05, 0) is 42.7 Å². The van der Waals surface area contributed by atoms with Gasteiger partial charge in [0.15, 0.2) is 0 Å². The molecule has 0 spiro atoms. The first-order chi connectivity index (χ1) is 10.2. The number of rotatable bonds is 2. The SMILES string of the molecule is CSc1cccc(NC(=O)n2ncc3cc(Cl)ccc32)c1. The van der Waals surface area contributed by atoms with Crippen LogP contribution in [0.1, 0.15) is 0 Å². The zero-order chi connectivity index (χ0) is 14.8.